The number of hydrogen-bond acceptors (Lipinski definition) is 1. The molecule has 78 valence electrons. The Kier molecular flexibility index (Phi) is 5.45. The first kappa shape index (κ1) is 11.0. The molecule has 0 aromatic heterocycles. The molecule has 1 nitrogen and oxygen atoms in total. The van der Waals surface area contributed by atoms with Crippen molar-refractivity contribution >= 4 is 0 Å². The molecule has 1 atom stereocenters. The van der Waals surface area contributed by atoms with Crippen LogP contribution in [0.4, 0.5) is 0 Å². The molecule has 1 fully saturated rings. The van der Waals surface area contributed by atoms with Crippen molar-refractivity contribution in [3.63, 3.8) is 0 Å². The zero-order valence-electron chi connectivity index (χ0n) is 9.10. The summed E-state index contributed by atoms with van der Waals surface area (Å²) in [5, 5.41) is 0. The molecule has 0 heterocycles. The van der Waals surface area contributed by atoms with Crippen molar-refractivity contribution in [2.75, 3.05) is 0 Å². The van der Waals surface area contributed by atoms with Crippen LogP contribution >= 0.6 is 0 Å². The van der Waals surface area contributed by atoms with Crippen LogP contribution in [0.25, 0.3) is 0 Å². The number of hydrogen-bond donors (Lipinski definition) is 1. The van der Waals surface area contributed by atoms with Gasteiger partial charge in [0.15, 0.2) is 0 Å². The van der Waals surface area contributed by atoms with Crippen molar-refractivity contribution in [3.05, 3.63) is 0 Å². The summed E-state index contributed by atoms with van der Waals surface area (Å²) in [5.74, 6) is 0.992. The Morgan fingerprint density at radius 3 is 2.15 bits per heavy atom. The van der Waals surface area contributed by atoms with E-state index >= 15 is 0 Å². The van der Waals surface area contributed by atoms with Gasteiger partial charge in [-0.3, -0.25) is 0 Å². The number of rotatable bonds is 3. The van der Waals surface area contributed by atoms with Gasteiger partial charge in [0.1, 0.15) is 0 Å². The Bertz CT molecular complexity index is 112. The first-order valence-corrected chi connectivity index (χ1v) is 6.04. The largest absolute Gasteiger partial charge is 0.328 e. The number of nitrogens with two attached hydrogens (primary N) is 1. The van der Waals surface area contributed by atoms with Crippen molar-refractivity contribution in [3.8, 4) is 0 Å². The van der Waals surface area contributed by atoms with Crippen LogP contribution in [0.2, 0.25) is 0 Å². The fourth-order valence-electron chi connectivity index (χ4n) is 2.33. The van der Waals surface area contributed by atoms with Crippen molar-refractivity contribution < 1.29 is 0 Å². The second-order valence-corrected chi connectivity index (χ2v) is 4.77. The predicted molar refractivity (Wildman–Crippen MR) is 58.7 cm³/mol. The van der Waals surface area contributed by atoms with Crippen LogP contribution in [0, 0.1) is 5.92 Å². The summed E-state index contributed by atoms with van der Waals surface area (Å²) < 4.78 is 0. The predicted octanol–water partition coefficient (Wildman–Crippen LogP) is 3.47. The lowest BCUT2D eigenvalue weighted by Crippen LogP contribution is -2.16. The molecular weight excluding hydrogens is 158 g/mol. The second-order valence-electron chi connectivity index (χ2n) is 4.77. The molecule has 0 amide bonds. The summed E-state index contributed by atoms with van der Waals surface area (Å²) in [7, 11) is 0. The molecule has 0 saturated heterocycles. The third-order valence-electron chi connectivity index (χ3n) is 3.26. The van der Waals surface area contributed by atoms with E-state index in [9.17, 15) is 0 Å². The van der Waals surface area contributed by atoms with Crippen LogP contribution in [0.5, 0.6) is 0 Å². The normalized spacial score (nSPS) is 23.5. The average molecular weight is 183 g/mol. The molecule has 0 radical (unpaired) electrons. The lowest BCUT2D eigenvalue weighted by molar-refractivity contribution is 0.344. The molecule has 0 aromatic rings. The van der Waals surface area contributed by atoms with E-state index in [2.05, 4.69) is 6.92 Å². The molecule has 2 N–H and O–H groups in total. The van der Waals surface area contributed by atoms with Gasteiger partial charge >= 0.3 is 0 Å². The minimum absolute atomic E-state index is 0.408. The van der Waals surface area contributed by atoms with Gasteiger partial charge in [-0.15, -0.1) is 0 Å². The van der Waals surface area contributed by atoms with Crippen LogP contribution in [0.15, 0.2) is 0 Å². The van der Waals surface area contributed by atoms with Gasteiger partial charge in [0, 0.05) is 6.04 Å². The SMILES string of the molecule is CC(N)CCC1CCCCCCC1. The fraction of sp³-hybridized carbons (Fsp3) is 1.00. The molecule has 0 spiro atoms. The van der Waals surface area contributed by atoms with E-state index in [4.69, 9.17) is 5.73 Å². The summed E-state index contributed by atoms with van der Waals surface area (Å²) in [6.45, 7) is 2.13. The van der Waals surface area contributed by atoms with Gasteiger partial charge in [0.25, 0.3) is 0 Å². The van der Waals surface area contributed by atoms with E-state index in [1.54, 1.807) is 0 Å². The van der Waals surface area contributed by atoms with E-state index in [-0.39, 0.29) is 0 Å². The Labute approximate surface area is 83.1 Å². The van der Waals surface area contributed by atoms with Crippen molar-refractivity contribution in [2.24, 2.45) is 11.7 Å². The van der Waals surface area contributed by atoms with E-state index in [1.807, 2.05) is 0 Å². The van der Waals surface area contributed by atoms with Gasteiger partial charge in [-0.25, -0.2) is 0 Å². The highest BCUT2D eigenvalue weighted by Gasteiger charge is 2.11. The molecule has 1 rings (SSSR count). The van der Waals surface area contributed by atoms with Crippen molar-refractivity contribution in [1.29, 1.82) is 0 Å². The lowest BCUT2D eigenvalue weighted by atomic mass is 9.87. The maximum Gasteiger partial charge on any atom is 0.00105 e. The third-order valence-corrected chi connectivity index (χ3v) is 3.26. The average Bonchev–Trinajstić information content (AvgIpc) is 2.01. The van der Waals surface area contributed by atoms with E-state index in [1.165, 1.54) is 57.8 Å². The van der Waals surface area contributed by atoms with Gasteiger partial charge in [0.05, 0.1) is 0 Å². The maximum atomic E-state index is 5.78. The Morgan fingerprint density at radius 2 is 1.62 bits per heavy atom. The molecule has 1 saturated carbocycles. The Balaban J connectivity index is 2.14. The Morgan fingerprint density at radius 1 is 1.08 bits per heavy atom. The van der Waals surface area contributed by atoms with Crippen molar-refractivity contribution in [1.82, 2.24) is 0 Å². The summed E-state index contributed by atoms with van der Waals surface area (Å²) in [6, 6.07) is 0.408. The molecule has 0 bridgehead atoms. The molecule has 13 heavy (non-hydrogen) atoms. The summed E-state index contributed by atoms with van der Waals surface area (Å²) >= 11 is 0. The molecule has 0 aliphatic heterocycles. The standard InChI is InChI=1S/C12H25N/c1-11(13)9-10-12-7-5-3-2-4-6-8-12/h11-12H,2-10,13H2,1H3. The lowest BCUT2D eigenvalue weighted by Gasteiger charge is -2.20. The first-order valence-electron chi connectivity index (χ1n) is 6.04. The summed E-state index contributed by atoms with van der Waals surface area (Å²) in [6.07, 6.45) is 12.9. The minimum atomic E-state index is 0.408. The second kappa shape index (κ2) is 6.42. The summed E-state index contributed by atoms with van der Waals surface area (Å²) in [5.41, 5.74) is 5.78. The fourth-order valence-corrected chi connectivity index (χ4v) is 2.33. The van der Waals surface area contributed by atoms with Gasteiger partial charge in [-0.05, 0) is 25.7 Å². The zero-order valence-corrected chi connectivity index (χ0v) is 9.10. The molecule has 1 heteroatoms. The quantitative estimate of drug-likeness (QED) is 0.712. The van der Waals surface area contributed by atoms with Gasteiger partial charge < -0.3 is 5.73 Å². The van der Waals surface area contributed by atoms with E-state index < -0.39 is 0 Å². The van der Waals surface area contributed by atoms with Crippen LogP contribution in [-0.4, -0.2) is 6.04 Å². The third kappa shape index (κ3) is 5.30. The van der Waals surface area contributed by atoms with E-state index in [0.717, 1.165) is 5.92 Å². The van der Waals surface area contributed by atoms with Gasteiger partial charge in [-0.1, -0.05) is 44.9 Å². The topological polar surface area (TPSA) is 26.0 Å². The highest BCUT2D eigenvalue weighted by molar-refractivity contribution is 4.66. The molecule has 1 unspecified atom stereocenters. The van der Waals surface area contributed by atoms with Crippen molar-refractivity contribution in [2.45, 2.75) is 70.8 Å². The van der Waals surface area contributed by atoms with Crippen LogP contribution in [0.3, 0.4) is 0 Å². The van der Waals surface area contributed by atoms with Crippen LogP contribution in [-0.2, 0) is 0 Å². The van der Waals surface area contributed by atoms with Crippen LogP contribution in [0.1, 0.15) is 64.7 Å². The van der Waals surface area contributed by atoms with Crippen LogP contribution < -0.4 is 5.73 Å². The molecular formula is C12H25N. The highest BCUT2D eigenvalue weighted by Crippen LogP contribution is 2.25. The molecule has 1 aliphatic carbocycles. The zero-order chi connectivity index (χ0) is 9.52. The Hall–Kier alpha value is -0.0400. The maximum absolute atomic E-state index is 5.78. The monoisotopic (exact) mass is 183 g/mol. The highest BCUT2D eigenvalue weighted by atomic mass is 14.6. The molecule has 0 aromatic carbocycles. The molecule has 1 aliphatic rings. The van der Waals surface area contributed by atoms with E-state index in [0.29, 0.717) is 6.04 Å². The smallest absolute Gasteiger partial charge is 0.00105 e. The minimum Gasteiger partial charge on any atom is -0.328 e. The first-order chi connectivity index (χ1) is 6.29. The van der Waals surface area contributed by atoms with Gasteiger partial charge in [-0.2, -0.15) is 0 Å². The summed E-state index contributed by atoms with van der Waals surface area (Å²) in [4.78, 5) is 0. The van der Waals surface area contributed by atoms with Gasteiger partial charge in [0.2, 0.25) is 0 Å².